The van der Waals surface area contributed by atoms with Crippen LogP contribution in [0.1, 0.15) is 12.5 Å². The Bertz CT molecular complexity index is 256. The number of rotatable bonds is 4. The molecule has 1 heterocycles. The molecule has 4 heteroatoms. The van der Waals surface area contributed by atoms with E-state index in [1.807, 2.05) is 6.07 Å². The van der Waals surface area contributed by atoms with Crippen molar-refractivity contribution in [2.75, 3.05) is 7.11 Å². The maximum Gasteiger partial charge on any atom is 0.322 e. The van der Waals surface area contributed by atoms with Gasteiger partial charge in [-0.15, -0.1) is 0 Å². The Morgan fingerprint density at radius 2 is 2.54 bits per heavy atom. The van der Waals surface area contributed by atoms with Gasteiger partial charge >= 0.3 is 5.97 Å². The highest BCUT2D eigenvalue weighted by Gasteiger charge is 2.11. The van der Waals surface area contributed by atoms with Crippen LogP contribution in [0.3, 0.4) is 0 Å². The smallest absolute Gasteiger partial charge is 0.322 e. The minimum atomic E-state index is -0.292. The summed E-state index contributed by atoms with van der Waals surface area (Å²) in [5.74, 6) is -0.261. The van der Waals surface area contributed by atoms with Gasteiger partial charge in [0.05, 0.1) is 19.6 Å². The SMILES string of the molecule is COC(=O)C(C)NCc1ccoc1. The second kappa shape index (κ2) is 4.67. The first kappa shape index (κ1) is 9.80. The lowest BCUT2D eigenvalue weighted by atomic mass is 10.3. The van der Waals surface area contributed by atoms with E-state index >= 15 is 0 Å². The Labute approximate surface area is 76.9 Å². The number of hydrogen-bond acceptors (Lipinski definition) is 4. The molecule has 13 heavy (non-hydrogen) atoms. The summed E-state index contributed by atoms with van der Waals surface area (Å²) in [4.78, 5) is 11.0. The second-order valence-electron chi connectivity index (χ2n) is 2.76. The molecule has 0 radical (unpaired) electrons. The largest absolute Gasteiger partial charge is 0.472 e. The van der Waals surface area contributed by atoms with Crippen molar-refractivity contribution in [3.8, 4) is 0 Å². The maximum atomic E-state index is 11.0. The van der Waals surface area contributed by atoms with Gasteiger partial charge in [-0.25, -0.2) is 0 Å². The predicted molar refractivity (Wildman–Crippen MR) is 47.0 cm³/mol. The summed E-state index contributed by atoms with van der Waals surface area (Å²) >= 11 is 0. The van der Waals surface area contributed by atoms with E-state index in [1.54, 1.807) is 19.5 Å². The van der Waals surface area contributed by atoms with Crippen molar-refractivity contribution >= 4 is 5.97 Å². The molecular formula is C9H13NO3. The molecule has 0 bridgehead atoms. The third-order valence-electron chi connectivity index (χ3n) is 1.75. The van der Waals surface area contributed by atoms with Crippen LogP contribution in [0.25, 0.3) is 0 Å². The quantitative estimate of drug-likeness (QED) is 0.705. The van der Waals surface area contributed by atoms with E-state index in [0.717, 1.165) is 5.56 Å². The van der Waals surface area contributed by atoms with Gasteiger partial charge in [-0.2, -0.15) is 0 Å². The number of esters is 1. The summed E-state index contributed by atoms with van der Waals surface area (Å²) in [6, 6.07) is 1.55. The van der Waals surface area contributed by atoms with E-state index in [4.69, 9.17) is 4.42 Å². The van der Waals surface area contributed by atoms with Gasteiger partial charge in [0, 0.05) is 12.1 Å². The summed E-state index contributed by atoms with van der Waals surface area (Å²) in [6.07, 6.45) is 3.23. The van der Waals surface area contributed by atoms with Gasteiger partial charge in [0.1, 0.15) is 6.04 Å². The molecule has 0 aliphatic carbocycles. The normalized spacial score (nSPS) is 12.5. The number of furan rings is 1. The Balaban J connectivity index is 2.30. The minimum Gasteiger partial charge on any atom is -0.472 e. The van der Waals surface area contributed by atoms with Crippen molar-refractivity contribution in [3.05, 3.63) is 24.2 Å². The fourth-order valence-corrected chi connectivity index (χ4v) is 0.924. The summed E-state index contributed by atoms with van der Waals surface area (Å²) in [6.45, 7) is 2.36. The molecule has 0 saturated heterocycles. The summed E-state index contributed by atoms with van der Waals surface area (Å²) < 4.78 is 9.43. The molecule has 0 aliphatic rings. The van der Waals surface area contributed by atoms with E-state index in [-0.39, 0.29) is 12.0 Å². The Hall–Kier alpha value is -1.29. The molecule has 1 N–H and O–H groups in total. The summed E-state index contributed by atoms with van der Waals surface area (Å²) in [5.41, 5.74) is 1.01. The average Bonchev–Trinajstić information content (AvgIpc) is 2.65. The molecule has 0 spiro atoms. The van der Waals surface area contributed by atoms with Crippen LogP contribution in [-0.2, 0) is 16.1 Å². The fraction of sp³-hybridized carbons (Fsp3) is 0.444. The Kier molecular flexibility index (Phi) is 3.52. The minimum absolute atomic E-state index is 0.261. The number of methoxy groups -OCH3 is 1. The number of carbonyl (C=O) groups is 1. The van der Waals surface area contributed by atoms with Crippen molar-refractivity contribution < 1.29 is 13.9 Å². The van der Waals surface area contributed by atoms with E-state index in [2.05, 4.69) is 10.1 Å². The number of hydrogen-bond donors (Lipinski definition) is 1. The molecule has 72 valence electrons. The molecule has 1 unspecified atom stereocenters. The molecule has 0 aromatic carbocycles. The lowest BCUT2D eigenvalue weighted by Crippen LogP contribution is -2.34. The van der Waals surface area contributed by atoms with Crippen LogP contribution in [0.4, 0.5) is 0 Å². The Morgan fingerprint density at radius 1 is 1.77 bits per heavy atom. The number of carbonyl (C=O) groups excluding carboxylic acids is 1. The van der Waals surface area contributed by atoms with E-state index in [9.17, 15) is 4.79 Å². The van der Waals surface area contributed by atoms with Crippen LogP contribution >= 0.6 is 0 Å². The Morgan fingerprint density at radius 3 is 3.08 bits per heavy atom. The topological polar surface area (TPSA) is 51.5 Å². The van der Waals surface area contributed by atoms with Crippen molar-refractivity contribution in [3.63, 3.8) is 0 Å². The van der Waals surface area contributed by atoms with Gasteiger partial charge in [-0.05, 0) is 13.0 Å². The number of ether oxygens (including phenoxy) is 1. The predicted octanol–water partition coefficient (Wildman–Crippen LogP) is 0.931. The van der Waals surface area contributed by atoms with E-state index in [1.165, 1.54) is 7.11 Å². The van der Waals surface area contributed by atoms with Crippen LogP contribution in [0.5, 0.6) is 0 Å². The molecule has 1 atom stereocenters. The zero-order valence-electron chi connectivity index (χ0n) is 7.74. The maximum absolute atomic E-state index is 11.0. The van der Waals surface area contributed by atoms with E-state index in [0.29, 0.717) is 6.54 Å². The molecule has 0 fully saturated rings. The summed E-state index contributed by atoms with van der Waals surface area (Å²) in [5, 5.41) is 3.00. The molecule has 0 aliphatic heterocycles. The first-order valence-corrected chi connectivity index (χ1v) is 4.06. The van der Waals surface area contributed by atoms with Gasteiger partial charge in [-0.1, -0.05) is 0 Å². The number of nitrogens with one attached hydrogen (secondary N) is 1. The molecule has 1 aromatic heterocycles. The van der Waals surface area contributed by atoms with Crippen molar-refractivity contribution in [2.24, 2.45) is 0 Å². The van der Waals surface area contributed by atoms with Crippen LogP contribution in [0, 0.1) is 0 Å². The van der Waals surface area contributed by atoms with E-state index < -0.39 is 0 Å². The van der Waals surface area contributed by atoms with Crippen LogP contribution in [-0.4, -0.2) is 19.1 Å². The highest BCUT2D eigenvalue weighted by Crippen LogP contribution is 1.99. The molecule has 1 aromatic rings. The highest BCUT2D eigenvalue weighted by atomic mass is 16.5. The van der Waals surface area contributed by atoms with Crippen molar-refractivity contribution in [1.82, 2.24) is 5.32 Å². The van der Waals surface area contributed by atoms with Gasteiger partial charge in [-0.3, -0.25) is 4.79 Å². The third-order valence-corrected chi connectivity index (χ3v) is 1.75. The zero-order chi connectivity index (χ0) is 9.68. The van der Waals surface area contributed by atoms with Crippen molar-refractivity contribution in [1.29, 1.82) is 0 Å². The second-order valence-corrected chi connectivity index (χ2v) is 2.76. The van der Waals surface area contributed by atoms with Crippen LogP contribution < -0.4 is 5.32 Å². The molecular weight excluding hydrogens is 170 g/mol. The lowest BCUT2D eigenvalue weighted by Gasteiger charge is -2.09. The first-order valence-electron chi connectivity index (χ1n) is 4.06. The van der Waals surface area contributed by atoms with Gasteiger partial charge in [0.15, 0.2) is 0 Å². The molecule has 4 nitrogen and oxygen atoms in total. The first-order chi connectivity index (χ1) is 6.24. The standard InChI is InChI=1S/C9H13NO3/c1-7(9(11)12-2)10-5-8-3-4-13-6-8/h3-4,6-7,10H,5H2,1-2H3. The molecule has 0 saturated carbocycles. The molecule has 1 rings (SSSR count). The monoisotopic (exact) mass is 183 g/mol. The van der Waals surface area contributed by atoms with Gasteiger partial charge in [0.25, 0.3) is 0 Å². The van der Waals surface area contributed by atoms with Crippen molar-refractivity contribution in [2.45, 2.75) is 19.5 Å². The van der Waals surface area contributed by atoms with Crippen LogP contribution in [0.15, 0.2) is 23.0 Å². The fourth-order valence-electron chi connectivity index (χ4n) is 0.924. The highest BCUT2D eigenvalue weighted by molar-refractivity contribution is 5.75. The average molecular weight is 183 g/mol. The zero-order valence-corrected chi connectivity index (χ0v) is 7.74. The lowest BCUT2D eigenvalue weighted by molar-refractivity contribution is -0.142. The molecule has 0 amide bonds. The van der Waals surface area contributed by atoms with Crippen LogP contribution in [0.2, 0.25) is 0 Å². The van der Waals surface area contributed by atoms with Gasteiger partial charge in [0.2, 0.25) is 0 Å². The summed E-state index contributed by atoms with van der Waals surface area (Å²) in [7, 11) is 1.37. The van der Waals surface area contributed by atoms with Gasteiger partial charge < -0.3 is 14.5 Å². The third kappa shape index (κ3) is 2.91.